The van der Waals surface area contributed by atoms with Gasteiger partial charge >= 0.3 is 0 Å². The molecule has 1 aromatic heterocycles. The average Bonchev–Trinajstić information content (AvgIpc) is 2.06. The summed E-state index contributed by atoms with van der Waals surface area (Å²) < 4.78 is 1.41. The molecule has 1 rings (SSSR count). The van der Waals surface area contributed by atoms with E-state index in [9.17, 15) is 4.79 Å². The Morgan fingerprint density at radius 2 is 1.87 bits per heavy atom. The molecule has 0 aliphatic carbocycles. The van der Waals surface area contributed by atoms with E-state index in [0.717, 1.165) is 11.1 Å². The highest BCUT2D eigenvalue weighted by atomic mass is 16.1. The van der Waals surface area contributed by atoms with Crippen LogP contribution in [0.1, 0.15) is 51.7 Å². The van der Waals surface area contributed by atoms with Crippen molar-refractivity contribution in [2.45, 2.75) is 46.0 Å². The Morgan fingerprint density at radius 3 is 2.27 bits per heavy atom. The van der Waals surface area contributed by atoms with E-state index in [1.54, 1.807) is 7.05 Å². The predicted octanol–water partition coefficient (Wildman–Crippen LogP) is 2.20. The molecule has 0 atom stereocenters. The number of rotatable bonds is 1. The van der Waals surface area contributed by atoms with E-state index in [0.29, 0.717) is 5.92 Å². The summed E-state index contributed by atoms with van der Waals surface area (Å²) in [5.74, 6) is 0.334. The first kappa shape index (κ1) is 12.0. The highest BCUT2D eigenvalue weighted by Crippen LogP contribution is 2.26. The summed E-state index contributed by atoms with van der Waals surface area (Å²) in [5.41, 5.74) is 1.84. The molecule has 1 aromatic rings. The standard InChI is InChI=1S/C12H20N2O/c1-8(2)9-7-13-14(6)11(15)10(9)12(3,4)5/h7-8H,1-6H3. The van der Waals surface area contributed by atoms with Crippen LogP contribution in [0.5, 0.6) is 0 Å². The molecule has 1 heterocycles. The second kappa shape index (κ2) is 3.80. The molecule has 0 aliphatic rings. The number of nitrogens with zero attached hydrogens (tertiary/aromatic N) is 2. The molecule has 15 heavy (non-hydrogen) atoms. The summed E-state index contributed by atoms with van der Waals surface area (Å²) in [4.78, 5) is 12.0. The molecule has 0 fully saturated rings. The van der Waals surface area contributed by atoms with Gasteiger partial charge in [-0.3, -0.25) is 4.79 Å². The number of hydrogen-bond donors (Lipinski definition) is 0. The van der Waals surface area contributed by atoms with Crippen molar-refractivity contribution in [3.8, 4) is 0 Å². The number of aryl methyl sites for hydroxylation is 1. The maximum Gasteiger partial charge on any atom is 0.270 e. The first-order valence-electron chi connectivity index (χ1n) is 5.32. The minimum atomic E-state index is -0.128. The Hall–Kier alpha value is -1.12. The van der Waals surface area contributed by atoms with Gasteiger partial charge in [0.15, 0.2) is 0 Å². The van der Waals surface area contributed by atoms with Crippen molar-refractivity contribution in [2.75, 3.05) is 0 Å². The SMILES string of the molecule is CC(C)c1cnn(C)c(=O)c1C(C)(C)C. The zero-order valence-corrected chi connectivity index (χ0v) is 10.5. The van der Waals surface area contributed by atoms with Gasteiger partial charge in [0.25, 0.3) is 5.56 Å². The normalized spacial score (nSPS) is 12.2. The van der Waals surface area contributed by atoms with Gasteiger partial charge in [-0.1, -0.05) is 34.6 Å². The molecule has 0 unspecified atom stereocenters. The first-order valence-corrected chi connectivity index (χ1v) is 5.32. The van der Waals surface area contributed by atoms with E-state index in [2.05, 4.69) is 39.7 Å². The van der Waals surface area contributed by atoms with Crippen molar-refractivity contribution in [2.24, 2.45) is 7.05 Å². The first-order chi connectivity index (χ1) is 6.75. The van der Waals surface area contributed by atoms with Gasteiger partial charge in [-0.2, -0.15) is 5.10 Å². The fourth-order valence-corrected chi connectivity index (χ4v) is 1.74. The van der Waals surface area contributed by atoms with Crippen LogP contribution in [0.25, 0.3) is 0 Å². The van der Waals surface area contributed by atoms with Crippen LogP contribution >= 0.6 is 0 Å². The van der Waals surface area contributed by atoms with E-state index in [-0.39, 0.29) is 11.0 Å². The lowest BCUT2D eigenvalue weighted by molar-refractivity contribution is 0.543. The van der Waals surface area contributed by atoms with Crippen molar-refractivity contribution < 1.29 is 0 Å². The molecule has 0 amide bonds. The molecule has 0 radical (unpaired) electrons. The molecule has 3 heteroatoms. The minimum absolute atomic E-state index is 0.0219. The Morgan fingerprint density at radius 1 is 1.33 bits per heavy atom. The van der Waals surface area contributed by atoms with Crippen LogP contribution < -0.4 is 5.56 Å². The van der Waals surface area contributed by atoms with Gasteiger partial charge in [-0.25, -0.2) is 4.68 Å². The lowest BCUT2D eigenvalue weighted by Gasteiger charge is -2.23. The highest BCUT2D eigenvalue weighted by Gasteiger charge is 2.24. The summed E-state index contributed by atoms with van der Waals surface area (Å²) in [6.07, 6.45) is 1.81. The number of aromatic nitrogens is 2. The molecule has 0 saturated heterocycles. The van der Waals surface area contributed by atoms with Crippen molar-refractivity contribution in [3.05, 3.63) is 27.7 Å². The summed E-state index contributed by atoms with van der Waals surface area (Å²) in [6, 6.07) is 0. The molecule has 0 saturated carbocycles. The monoisotopic (exact) mass is 208 g/mol. The maximum atomic E-state index is 12.0. The Balaban J connectivity index is 3.57. The third-order valence-corrected chi connectivity index (χ3v) is 2.54. The molecule has 0 aromatic carbocycles. The van der Waals surface area contributed by atoms with Crippen LogP contribution in [0, 0.1) is 0 Å². The van der Waals surface area contributed by atoms with Gasteiger partial charge in [-0.05, 0) is 16.9 Å². The quantitative estimate of drug-likeness (QED) is 0.709. The third-order valence-electron chi connectivity index (χ3n) is 2.54. The maximum absolute atomic E-state index is 12.0. The molecular weight excluding hydrogens is 188 g/mol. The van der Waals surface area contributed by atoms with Gasteiger partial charge in [0.05, 0.1) is 6.20 Å². The fraction of sp³-hybridized carbons (Fsp3) is 0.667. The molecule has 0 spiro atoms. The van der Waals surface area contributed by atoms with Crippen molar-refractivity contribution in [1.29, 1.82) is 0 Å². The van der Waals surface area contributed by atoms with Crippen LogP contribution in [0.4, 0.5) is 0 Å². The smallest absolute Gasteiger partial charge is 0.267 e. The predicted molar refractivity (Wildman–Crippen MR) is 62.3 cm³/mol. The average molecular weight is 208 g/mol. The Bertz CT molecular complexity index is 411. The van der Waals surface area contributed by atoms with Crippen LogP contribution in [0.2, 0.25) is 0 Å². The fourth-order valence-electron chi connectivity index (χ4n) is 1.74. The molecule has 0 bridgehead atoms. The van der Waals surface area contributed by atoms with Gasteiger partial charge in [0.1, 0.15) is 0 Å². The topological polar surface area (TPSA) is 34.9 Å². The molecule has 0 N–H and O–H groups in total. The van der Waals surface area contributed by atoms with Crippen molar-refractivity contribution >= 4 is 0 Å². The van der Waals surface area contributed by atoms with Gasteiger partial charge in [-0.15, -0.1) is 0 Å². The second-order valence-electron chi connectivity index (χ2n) is 5.31. The summed E-state index contributed by atoms with van der Waals surface area (Å²) in [6.45, 7) is 10.4. The van der Waals surface area contributed by atoms with Crippen LogP contribution in [-0.4, -0.2) is 9.78 Å². The van der Waals surface area contributed by atoms with E-state index in [1.165, 1.54) is 4.68 Å². The molecular formula is C12H20N2O. The molecule has 0 aliphatic heterocycles. The van der Waals surface area contributed by atoms with Gasteiger partial charge in [0, 0.05) is 12.6 Å². The lowest BCUT2D eigenvalue weighted by Crippen LogP contribution is -2.32. The van der Waals surface area contributed by atoms with E-state index >= 15 is 0 Å². The Labute approximate surface area is 91.1 Å². The molecule has 3 nitrogen and oxygen atoms in total. The van der Waals surface area contributed by atoms with Crippen LogP contribution in [-0.2, 0) is 12.5 Å². The van der Waals surface area contributed by atoms with Gasteiger partial charge in [0.2, 0.25) is 0 Å². The summed E-state index contributed by atoms with van der Waals surface area (Å²) >= 11 is 0. The molecule has 84 valence electrons. The second-order valence-corrected chi connectivity index (χ2v) is 5.31. The zero-order valence-electron chi connectivity index (χ0n) is 10.5. The third kappa shape index (κ3) is 2.28. The summed E-state index contributed by atoms with van der Waals surface area (Å²) in [5, 5.41) is 4.08. The summed E-state index contributed by atoms with van der Waals surface area (Å²) in [7, 11) is 1.70. The minimum Gasteiger partial charge on any atom is -0.267 e. The van der Waals surface area contributed by atoms with E-state index in [1.807, 2.05) is 6.20 Å². The van der Waals surface area contributed by atoms with E-state index < -0.39 is 0 Å². The van der Waals surface area contributed by atoms with E-state index in [4.69, 9.17) is 0 Å². The zero-order chi connectivity index (χ0) is 11.8. The highest BCUT2D eigenvalue weighted by molar-refractivity contribution is 5.30. The lowest BCUT2D eigenvalue weighted by atomic mass is 9.82. The van der Waals surface area contributed by atoms with Crippen LogP contribution in [0.15, 0.2) is 11.0 Å². The van der Waals surface area contributed by atoms with Crippen molar-refractivity contribution in [3.63, 3.8) is 0 Å². The van der Waals surface area contributed by atoms with Crippen molar-refractivity contribution in [1.82, 2.24) is 9.78 Å². The van der Waals surface area contributed by atoms with Crippen LogP contribution in [0.3, 0.4) is 0 Å². The largest absolute Gasteiger partial charge is 0.270 e. The number of hydrogen-bond acceptors (Lipinski definition) is 2. The van der Waals surface area contributed by atoms with Gasteiger partial charge < -0.3 is 0 Å². The Kier molecular flexibility index (Phi) is 3.03.